The smallest absolute Gasteiger partial charge is 0.416 e. The predicted octanol–water partition coefficient (Wildman–Crippen LogP) is 6.08. The van der Waals surface area contributed by atoms with Crippen LogP contribution >= 0.6 is 0 Å². The Hall–Kier alpha value is -4.18. The number of aromatic amines is 1. The second kappa shape index (κ2) is 13.4. The quantitative estimate of drug-likeness (QED) is 0.220. The van der Waals surface area contributed by atoms with Gasteiger partial charge < -0.3 is 24.5 Å². The molecule has 0 spiro atoms. The third kappa shape index (κ3) is 7.62. The summed E-state index contributed by atoms with van der Waals surface area (Å²) in [5.74, 6) is 1.00. The maximum absolute atomic E-state index is 13.4. The van der Waals surface area contributed by atoms with Crippen molar-refractivity contribution in [2.75, 3.05) is 40.5 Å². The molecular weight excluding hydrogens is 559 g/mol. The molecule has 0 aliphatic carbocycles. The van der Waals surface area contributed by atoms with Crippen molar-refractivity contribution in [2.24, 2.45) is 11.8 Å². The minimum Gasteiger partial charge on any atom is -0.493 e. The average Bonchev–Trinajstić information content (AvgIpc) is 3.42. The summed E-state index contributed by atoms with van der Waals surface area (Å²) in [6, 6.07) is 18.7. The highest BCUT2D eigenvalue weighted by Gasteiger charge is 2.33. The van der Waals surface area contributed by atoms with E-state index in [1.54, 1.807) is 14.2 Å². The number of para-hydroxylation sites is 1. The normalized spacial score (nSPS) is 17.5. The van der Waals surface area contributed by atoms with E-state index in [-0.39, 0.29) is 30.1 Å². The van der Waals surface area contributed by atoms with Gasteiger partial charge in [0, 0.05) is 49.2 Å². The monoisotopic (exact) mass is 595 g/mol. The van der Waals surface area contributed by atoms with Gasteiger partial charge in [-0.05, 0) is 60.4 Å². The molecule has 2 heterocycles. The van der Waals surface area contributed by atoms with Crippen LogP contribution in [0.2, 0.25) is 0 Å². The number of rotatable bonds is 11. The van der Waals surface area contributed by atoms with Crippen molar-refractivity contribution >= 4 is 16.8 Å². The number of halogens is 3. The number of carbonyl (C=O) groups is 1. The van der Waals surface area contributed by atoms with Gasteiger partial charge in [0.2, 0.25) is 5.91 Å². The first-order chi connectivity index (χ1) is 20.7. The number of H-pyrrole nitrogens is 1. The third-order valence-electron chi connectivity index (χ3n) is 7.85. The Bertz CT molecular complexity index is 1540. The van der Waals surface area contributed by atoms with Crippen LogP contribution in [-0.4, -0.2) is 56.3 Å². The molecule has 1 fully saturated rings. The predicted molar refractivity (Wildman–Crippen MR) is 158 cm³/mol. The number of alkyl halides is 3. The lowest BCUT2D eigenvalue weighted by Crippen LogP contribution is -2.47. The Kier molecular flexibility index (Phi) is 9.45. The van der Waals surface area contributed by atoms with E-state index in [1.165, 1.54) is 12.1 Å². The fourth-order valence-corrected chi connectivity index (χ4v) is 5.76. The zero-order valence-corrected chi connectivity index (χ0v) is 24.2. The summed E-state index contributed by atoms with van der Waals surface area (Å²) >= 11 is 0. The van der Waals surface area contributed by atoms with Crippen LogP contribution in [0.4, 0.5) is 13.2 Å². The van der Waals surface area contributed by atoms with Crippen molar-refractivity contribution < 1.29 is 32.2 Å². The molecule has 2 atom stereocenters. The number of likely N-dealkylation sites (tertiary alicyclic amines) is 1. The van der Waals surface area contributed by atoms with Crippen LogP contribution in [0.3, 0.4) is 0 Å². The summed E-state index contributed by atoms with van der Waals surface area (Å²) in [5, 5.41) is 4.25. The largest absolute Gasteiger partial charge is 0.493 e. The van der Waals surface area contributed by atoms with Gasteiger partial charge in [-0.15, -0.1) is 0 Å². The second-order valence-corrected chi connectivity index (χ2v) is 10.9. The number of nitrogens with one attached hydrogen (secondary N) is 2. The van der Waals surface area contributed by atoms with Crippen LogP contribution in [0.15, 0.2) is 72.9 Å². The van der Waals surface area contributed by atoms with Crippen molar-refractivity contribution in [1.82, 2.24) is 15.2 Å². The highest BCUT2D eigenvalue weighted by Crippen LogP contribution is 2.33. The molecule has 1 amide bonds. The first-order valence-electron chi connectivity index (χ1n) is 14.3. The Labute approximate surface area is 248 Å². The van der Waals surface area contributed by atoms with Crippen molar-refractivity contribution in [2.45, 2.75) is 25.6 Å². The number of carbonyl (C=O) groups excluding carboxylic acids is 1. The molecule has 1 saturated heterocycles. The number of hydrogen-bond acceptors (Lipinski definition) is 5. The van der Waals surface area contributed by atoms with Gasteiger partial charge in [-0.2, -0.15) is 13.2 Å². The van der Waals surface area contributed by atoms with Gasteiger partial charge in [0.15, 0.2) is 11.5 Å². The molecule has 3 aromatic carbocycles. The SMILES string of the molecule is COc1ccc(CN2C[C@@H](COc3cccc(C(F)(F)F)c3)C[C@@H](C(=O)NCCc3c[nH]c4ccccc34)C2)cc1OC. The van der Waals surface area contributed by atoms with E-state index in [0.29, 0.717) is 50.5 Å². The summed E-state index contributed by atoms with van der Waals surface area (Å²) in [7, 11) is 3.17. The van der Waals surface area contributed by atoms with Crippen LogP contribution in [0.25, 0.3) is 10.9 Å². The van der Waals surface area contributed by atoms with Crippen LogP contribution < -0.4 is 19.5 Å². The molecule has 228 valence electrons. The molecule has 1 aliphatic heterocycles. The first kappa shape index (κ1) is 30.3. The van der Waals surface area contributed by atoms with Crippen molar-refractivity contribution in [3.8, 4) is 17.2 Å². The van der Waals surface area contributed by atoms with E-state index in [9.17, 15) is 18.0 Å². The molecule has 0 radical (unpaired) electrons. The number of hydrogen-bond donors (Lipinski definition) is 2. The Morgan fingerprint density at radius 2 is 1.81 bits per heavy atom. The minimum absolute atomic E-state index is 0.0408. The van der Waals surface area contributed by atoms with Gasteiger partial charge in [-0.1, -0.05) is 30.3 Å². The van der Waals surface area contributed by atoms with E-state index >= 15 is 0 Å². The molecule has 1 aromatic heterocycles. The molecule has 0 saturated carbocycles. The molecule has 2 N–H and O–H groups in total. The maximum atomic E-state index is 13.4. The van der Waals surface area contributed by atoms with E-state index in [4.69, 9.17) is 14.2 Å². The summed E-state index contributed by atoms with van der Waals surface area (Å²) in [6.45, 7) is 2.44. The number of benzene rings is 3. The number of ether oxygens (including phenoxy) is 3. The molecule has 4 aromatic rings. The molecule has 0 unspecified atom stereocenters. The molecule has 1 aliphatic rings. The fourth-order valence-electron chi connectivity index (χ4n) is 5.76. The van der Waals surface area contributed by atoms with E-state index < -0.39 is 11.7 Å². The molecule has 5 rings (SSSR count). The second-order valence-electron chi connectivity index (χ2n) is 10.9. The van der Waals surface area contributed by atoms with Crippen LogP contribution in [0.1, 0.15) is 23.1 Å². The van der Waals surface area contributed by atoms with Crippen LogP contribution in [0.5, 0.6) is 17.2 Å². The van der Waals surface area contributed by atoms with Gasteiger partial charge in [0.1, 0.15) is 5.75 Å². The van der Waals surface area contributed by atoms with Gasteiger partial charge in [-0.25, -0.2) is 0 Å². The van der Waals surface area contributed by atoms with E-state index in [1.807, 2.05) is 42.6 Å². The Morgan fingerprint density at radius 3 is 2.60 bits per heavy atom. The summed E-state index contributed by atoms with van der Waals surface area (Å²) in [4.78, 5) is 18.9. The highest BCUT2D eigenvalue weighted by atomic mass is 19.4. The number of piperidine rings is 1. The van der Waals surface area contributed by atoms with Crippen molar-refractivity contribution in [3.05, 3.63) is 89.6 Å². The zero-order valence-electron chi connectivity index (χ0n) is 24.2. The van der Waals surface area contributed by atoms with E-state index in [0.717, 1.165) is 34.2 Å². The maximum Gasteiger partial charge on any atom is 0.416 e. The zero-order chi connectivity index (χ0) is 30.4. The highest BCUT2D eigenvalue weighted by molar-refractivity contribution is 5.83. The molecule has 0 bridgehead atoms. The van der Waals surface area contributed by atoms with Crippen molar-refractivity contribution in [3.63, 3.8) is 0 Å². The lowest BCUT2D eigenvalue weighted by molar-refractivity contribution is -0.137. The van der Waals surface area contributed by atoms with Gasteiger partial charge in [-0.3, -0.25) is 9.69 Å². The topological polar surface area (TPSA) is 75.8 Å². The number of methoxy groups -OCH3 is 2. The van der Waals surface area contributed by atoms with Crippen molar-refractivity contribution in [1.29, 1.82) is 0 Å². The van der Waals surface area contributed by atoms with E-state index in [2.05, 4.69) is 21.3 Å². The van der Waals surface area contributed by atoms with Gasteiger partial charge in [0.05, 0.1) is 32.3 Å². The number of fused-ring (bicyclic) bond motifs is 1. The molecule has 43 heavy (non-hydrogen) atoms. The summed E-state index contributed by atoms with van der Waals surface area (Å²) in [6.07, 6.45) is -1.21. The average molecular weight is 596 g/mol. The molecule has 10 heteroatoms. The summed E-state index contributed by atoms with van der Waals surface area (Å²) < 4.78 is 56.3. The third-order valence-corrected chi connectivity index (χ3v) is 7.85. The van der Waals surface area contributed by atoms with Crippen LogP contribution in [-0.2, 0) is 23.9 Å². The Morgan fingerprint density at radius 1 is 1.00 bits per heavy atom. The number of amides is 1. The minimum atomic E-state index is -4.45. The summed E-state index contributed by atoms with van der Waals surface area (Å²) in [5.41, 5.74) is 2.44. The lowest BCUT2D eigenvalue weighted by atomic mass is 9.88. The fraction of sp³-hybridized carbons (Fsp3) is 0.364. The molecule has 7 nitrogen and oxygen atoms in total. The standard InChI is InChI=1S/C33H36F3N3O4/c1-41-30-11-10-22(15-31(30)42-2)18-39-19-23(21-43-27-7-5-6-26(16-27)33(34,35)36)14-25(20-39)32(40)37-13-12-24-17-38-29-9-4-3-8-28(24)29/h3-11,15-17,23,25,38H,12-14,18-21H2,1-2H3,(H,37,40)/t23-,25+/m0/s1. The lowest BCUT2D eigenvalue weighted by Gasteiger charge is -2.37. The van der Waals surface area contributed by atoms with Gasteiger partial charge >= 0.3 is 6.18 Å². The molecular formula is C33H36F3N3O4. The Balaban J connectivity index is 1.26. The van der Waals surface area contributed by atoms with Gasteiger partial charge in [0.25, 0.3) is 0 Å². The number of nitrogens with zero attached hydrogens (tertiary/aromatic N) is 1. The van der Waals surface area contributed by atoms with Crippen LogP contribution in [0, 0.1) is 11.8 Å². The first-order valence-corrected chi connectivity index (χ1v) is 14.3. The number of aromatic nitrogens is 1.